The van der Waals surface area contributed by atoms with Gasteiger partial charge in [-0.25, -0.2) is 0 Å². The molecule has 0 saturated heterocycles. The van der Waals surface area contributed by atoms with Crippen molar-refractivity contribution >= 4 is 14.0 Å². The quantitative estimate of drug-likeness (QED) is 0.666. The highest BCUT2D eigenvalue weighted by Crippen LogP contribution is 2.24. The van der Waals surface area contributed by atoms with E-state index in [0.29, 0.717) is 18.1 Å². The summed E-state index contributed by atoms with van der Waals surface area (Å²) in [5.41, 5.74) is 1.85. The van der Waals surface area contributed by atoms with Gasteiger partial charge in [0.1, 0.15) is 6.16 Å². The molecule has 0 spiro atoms. The third kappa shape index (κ3) is 7.40. The molecular weight excluding hydrogens is 301 g/mol. The van der Waals surface area contributed by atoms with Crippen LogP contribution in [0.1, 0.15) is 37.3 Å². The van der Waals surface area contributed by atoms with Crippen LogP contribution in [-0.2, 0) is 20.3 Å². The van der Waals surface area contributed by atoms with Gasteiger partial charge in [0.15, 0.2) is 0 Å². The van der Waals surface area contributed by atoms with Crippen molar-refractivity contribution in [1.82, 2.24) is 0 Å². The van der Waals surface area contributed by atoms with Crippen molar-refractivity contribution in [2.45, 2.75) is 32.6 Å². The number of carbonyl (C=O) groups is 1. The molecule has 0 saturated carbocycles. The van der Waals surface area contributed by atoms with Crippen LogP contribution in [0, 0.1) is 17.2 Å². The maximum Gasteiger partial charge on any atom is 0.312 e. The van der Waals surface area contributed by atoms with Gasteiger partial charge in [-0.2, -0.15) is 5.26 Å². The Kier molecular flexibility index (Phi) is 8.50. The molecule has 0 aliphatic heterocycles. The number of nitriles is 1. The van der Waals surface area contributed by atoms with Crippen molar-refractivity contribution in [3.05, 3.63) is 35.4 Å². The zero-order valence-corrected chi connectivity index (χ0v) is 13.7. The first-order valence-electron chi connectivity index (χ1n) is 7.41. The summed E-state index contributed by atoms with van der Waals surface area (Å²) in [7, 11) is -2.45. The number of aliphatic carboxylic acids is 1. The highest BCUT2D eigenvalue weighted by atomic mass is 31.1. The summed E-state index contributed by atoms with van der Waals surface area (Å²) in [6.07, 6.45) is 3.30. The first-order valence-corrected chi connectivity index (χ1v) is 8.94. The summed E-state index contributed by atoms with van der Waals surface area (Å²) in [6.45, 7) is 2.45. The Morgan fingerprint density at radius 1 is 1.36 bits per heavy atom. The molecule has 0 aliphatic carbocycles. The molecule has 0 bridgehead atoms. The van der Waals surface area contributed by atoms with Gasteiger partial charge in [-0.1, -0.05) is 25.5 Å². The Hall–Kier alpha value is -1.63. The van der Waals surface area contributed by atoms with E-state index in [1.54, 1.807) is 0 Å². The molecule has 5 nitrogen and oxygen atoms in total. The molecule has 120 valence electrons. The number of carboxylic acid groups (broad SMARTS) is 1. The summed E-state index contributed by atoms with van der Waals surface area (Å²) in [5.74, 6) is -0.632. The third-order valence-corrected chi connectivity index (χ3v) is 4.70. The average Bonchev–Trinajstić information content (AvgIpc) is 2.50. The Labute approximate surface area is 131 Å². The van der Waals surface area contributed by atoms with Crippen LogP contribution in [0.15, 0.2) is 24.3 Å². The number of nitrogens with zero attached hydrogens (tertiary/aromatic N) is 1. The lowest BCUT2D eigenvalue weighted by molar-refractivity contribution is -0.134. The fourth-order valence-corrected chi connectivity index (χ4v) is 2.88. The predicted octanol–water partition coefficient (Wildman–Crippen LogP) is 3.48. The molecule has 1 rings (SSSR count). The van der Waals surface area contributed by atoms with Crippen LogP contribution >= 0.6 is 8.03 Å². The molecule has 22 heavy (non-hydrogen) atoms. The van der Waals surface area contributed by atoms with E-state index in [4.69, 9.17) is 14.9 Å². The van der Waals surface area contributed by atoms with Crippen molar-refractivity contribution in [2.75, 3.05) is 12.8 Å². The van der Waals surface area contributed by atoms with Crippen molar-refractivity contribution in [1.29, 1.82) is 5.26 Å². The minimum absolute atomic E-state index is 0.344. The second-order valence-corrected chi connectivity index (χ2v) is 6.59. The lowest BCUT2D eigenvalue weighted by Gasteiger charge is -2.14. The van der Waals surface area contributed by atoms with Gasteiger partial charge in [0.05, 0.1) is 18.2 Å². The van der Waals surface area contributed by atoms with E-state index in [-0.39, 0.29) is 0 Å². The summed E-state index contributed by atoms with van der Waals surface area (Å²) < 4.78 is 16.4. The number of hydrogen-bond acceptors (Lipinski definition) is 4. The molecule has 6 heteroatoms. The van der Waals surface area contributed by atoms with Crippen LogP contribution in [0.3, 0.4) is 0 Å². The SMILES string of the molecule is CCC(CCO[PH](=O)CC(=O)O)CCc1ccc(C#N)cc1. The molecule has 0 aromatic heterocycles. The molecule has 2 unspecified atom stereocenters. The van der Waals surface area contributed by atoms with E-state index < -0.39 is 20.2 Å². The van der Waals surface area contributed by atoms with Crippen molar-refractivity contribution in [3.8, 4) is 6.07 Å². The molecule has 0 fully saturated rings. The minimum atomic E-state index is -2.45. The van der Waals surface area contributed by atoms with Crippen LogP contribution < -0.4 is 0 Å². The van der Waals surface area contributed by atoms with Crippen molar-refractivity contribution < 1.29 is 19.0 Å². The Balaban J connectivity index is 2.31. The average molecular weight is 323 g/mol. The maximum atomic E-state index is 11.3. The van der Waals surface area contributed by atoms with E-state index in [9.17, 15) is 9.36 Å². The standard InChI is InChI=1S/C16H22NO4P/c1-2-13(9-10-21-22(20)12-16(18)19)3-4-14-5-7-15(11-17)8-6-14/h5-8,13,22H,2-4,9-10,12H2,1H3,(H,18,19). The first kappa shape index (κ1) is 18.4. The first-order chi connectivity index (χ1) is 10.5. The Bertz CT molecular complexity index is 536. The summed E-state index contributed by atoms with van der Waals surface area (Å²) in [4.78, 5) is 10.4. The zero-order valence-electron chi connectivity index (χ0n) is 12.7. The molecule has 0 heterocycles. The highest BCUT2D eigenvalue weighted by molar-refractivity contribution is 7.40. The smallest absolute Gasteiger partial charge is 0.312 e. The van der Waals surface area contributed by atoms with Gasteiger partial charge in [0.25, 0.3) is 0 Å². The van der Waals surface area contributed by atoms with Crippen LogP contribution in [0.2, 0.25) is 0 Å². The van der Waals surface area contributed by atoms with Crippen LogP contribution in [0.5, 0.6) is 0 Å². The predicted molar refractivity (Wildman–Crippen MR) is 85.3 cm³/mol. The zero-order chi connectivity index (χ0) is 16.4. The molecule has 1 aromatic rings. The van der Waals surface area contributed by atoms with Gasteiger partial charge < -0.3 is 9.63 Å². The number of benzene rings is 1. The largest absolute Gasteiger partial charge is 0.481 e. The number of rotatable bonds is 10. The van der Waals surface area contributed by atoms with Crippen molar-refractivity contribution in [3.63, 3.8) is 0 Å². The normalized spacial score (nSPS) is 13.3. The molecule has 0 aliphatic rings. The Morgan fingerprint density at radius 2 is 2.05 bits per heavy atom. The molecule has 1 aromatic carbocycles. The lowest BCUT2D eigenvalue weighted by Crippen LogP contribution is -2.06. The molecule has 2 atom stereocenters. The van der Waals surface area contributed by atoms with E-state index in [0.717, 1.165) is 25.7 Å². The van der Waals surface area contributed by atoms with Crippen LogP contribution in [-0.4, -0.2) is 23.8 Å². The second-order valence-electron chi connectivity index (χ2n) is 5.20. The van der Waals surface area contributed by atoms with E-state index in [1.807, 2.05) is 24.3 Å². The van der Waals surface area contributed by atoms with Crippen LogP contribution in [0.4, 0.5) is 0 Å². The molecule has 0 amide bonds. The molecular formula is C16H22NO4P. The Morgan fingerprint density at radius 3 is 2.59 bits per heavy atom. The van der Waals surface area contributed by atoms with Gasteiger partial charge >= 0.3 is 5.97 Å². The number of aryl methyl sites for hydroxylation is 1. The number of carboxylic acids is 1. The van der Waals surface area contributed by atoms with Crippen molar-refractivity contribution in [2.24, 2.45) is 5.92 Å². The van der Waals surface area contributed by atoms with Gasteiger partial charge in [-0.3, -0.25) is 9.36 Å². The fourth-order valence-electron chi connectivity index (χ4n) is 2.18. The topological polar surface area (TPSA) is 87.4 Å². The van der Waals surface area contributed by atoms with E-state index >= 15 is 0 Å². The maximum absolute atomic E-state index is 11.3. The molecule has 1 N–H and O–H groups in total. The summed E-state index contributed by atoms with van der Waals surface area (Å²) >= 11 is 0. The molecule has 0 radical (unpaired) electrons. The highest BCUT2D eigenvalue weighted by Gasteiger charge is 2.10. The number of hydrogen-bond donors (Lipinski definition) is 1. The van der Waals surface area contributed by atoms with E-state index in [1.165, 1.54) is 5.56 Å². The summed E-state index contributed by atoms with van der Waals surface area (Å²) in [6, 6.07) is 9.66. The minimum Gasteiger partial charge on any atom is -0.481 e. The summed E-state index contributed by atoms with van der Waals surface area (Å²) in [5, 5.41) is 17.3. The lowest BCUT2D eigenvalue weighted by atomic mass is 9.94. The second kappa shape index (κ2) is 10.2. The third-order valence-electron chi connectivity index (χ3n) is 3.59. The monoisotopic (exact) mass is 323 g/mol. The van der Waals surface area contributed by atoms with Crippen LogP contribution in [0.25, 0.3) is 0 Å². The van der Waals surface area contributed by atoms with E-state index in [2.05, 4.69) is 13.0 Å². The van der Waals surface area contributed by atoms with Gasteiger partial charge in [-0.05, 0) is 42.9 Å². The van der Waals surface area contributed by atoms with Gasteiger partial charge in [-0.15, -0.1) is 0 Å². The fraction of sp³-hybridized carbons (Fsp3) is 0.500. The van der Waals surface area contributed by atoms with Gasteiger partial charge in [0.2, 0.25) is 8.03 Å². The van der Waals surface area contributed by atoms with Gasteiger partial charge in [0, 0.05) is 0 Å².